The maximum Gasteiger partial charge on any atom is 0.222 e. The number of nitriles is 1. The molecule has 0 saturated carbocycles. The molecule has 1 aromatic heterocycles. The van der Waals surface area contributed by atoms with E-state index in [1.807, 2.05) is 18.3 Å². The molecule has 28 heavy (non-hydrogen) atoms. The molecule has 1 N–H and O–H groups in total. The molecule has 1 aromatic carbocycles. The highest BCUT2D eigenvalue weighted by Crippen LogP contribution is 2.39. The molecule has 6 heteroatoms. The summed E-state index contributed by atoms with van der Waals surface area (Å²) in [6.07, 6.45) is 8.39. The van der Waals surface area contributed by atoms with Crippen LogP contribution in [0.4, 0.5) is 0 Å². The maximum atomic E-state index is 12.5. The molecule has 1 spiro atoms. The summed E-state index contributed by atoms with van der Waals surface area (Å²) in [5.74, 6) is 0.286. The van der Waals surface area contributed by atoms with Gasteiger partial charge in [-0.2, -0.15) is 5.26 Å². The molecule has 0 aliphatic carbocycles. The van der Waals surface area contributed by atoms with E-state index in [0.29, 0.717) is 12.0 Å². The summed E-state index contributed by atoms with van der Waals surface area (Å²) >= 11 is 0. The van der Waals surface area contributed by atoms with Crippen molar-refractivity contribution >= 4 is 5.91 Å². The van der Waals surface area contributed by atoms with Gasteiger partial charge in [0.25, 0.3) is 0 Å². The van der Waals surface area contributed by atoms with E-state index in [2.05, 4.69) is 38.0 Å². The van der Waals surface area contributed by atoms with E-state index < -0.39 is 0 Å². The number of amides is 1. The third-order valence-electron chi connectivity index (χ3n) is 6.18. The molecular formula is C22H27N5O. The fourth-order valence-corrected chi connectivity index (χ4v) is 4.70. The number of piperidine rings is 2. The quantitative estimate of drug-likeness (QED) is 0.869. The predicted octanol–water partition coefficient (Wildman–Crippen LogP) is 2.73. The number of imidazole rings is 1. The third kappa shape index (κ3) is 4.26. The molecule has 0 unspecified atom stereocenters. The fourth-order valence-electron chi connectivity index (χ4n) is 4.70. The van der Waals surface area contributed by atoms with E-state index in [1.165, 1.54) is 18.4 Å². The second-order valence-corrected chi connectivity index (χ2v) is 8.27. The Morgan fingerprint density at radius 1 is 1.21 bits per heavy atom. The number of likely N-dealkylation sites (tertiary alicyclic amines) is 2. The van der Waals surface area contributed by atoms with Crippen LogP contribution in [0.2, 0.25) is 0 Å². The number of carbonyl (C=O) groups is 1. The Morgan fingerprint density at radius 3 is 2.82 bits per heavy atom. The first-order chi connectivity index (χ1) is 13.7. The monoisotopic (exact) mass is 377 g/mol. The van der Waals surface area contributed by atoms with Gasteiger partial charge in [0, 0.05) is 56.3 Å². The molecule has 2 saturated heterocycles. The minimum Gasteiger partial charge on any atom is -0.348 e. The van der Waals surface area contributed by atoms with Crippen molar-refractivity contribution in [3.05, 3.63) is 53.6 Å². The van der Waals surface area contributed by atoms with Gasteiger partial charge in [0.2, 0.25) is 5.91 Å². The number of carbonyl (C=O) groups excluding carboxylic acids is 1. The molecule has 0 radical (unpaired) electrons. The normalized spacial score (nSPS) is 23.1. The summed E-state index contributed by atoms with van der Waals surface area (Å²) in [6.45, 7) is 4.68. The second kappa shape index (κ2) is 8.15. The first-order valence-corrected chi connectivity index (χ1v) is 10.1. The van der Waals surface area contributed by atoms with Gasteiger partial charge < -0.3 is 9.88 Å². The Bertz CT molecular complexity index is 839. The van der Waals surface area contributed by atoms with E-state index in [-0.39, 0.29) is 11.3 Å². The number of aromatic amines is 1. The van der Waals surface area contributed by atoms with Crippen LogP contribution >= 0.6 is 0 Å². The van der Waals surface area contributed by atoms with Crippen LogP contribution in [0.25, 0.3) is 0 Å². The minimum atomic E-state index is 0.215. The van der Waals surface area contributed by atoms with Crippen molar-refractivity contribution in [2.75, 3.05) is 26.2 Å². The highest BCUT2D eigenvalue weighted by molar-refractivity contribution is 5.77. The molecule has 1 atom stereocenters. The number of hydrogen-bond acceptors (Lipinski definition) is 4. The summed E-state index contributed by atoms with van der Waals surface area (Å²) in [5.41, 5.74) is 3.25. The van der Waals surface area contributed by atoms with Crippen molar-refractivity contribution < 1.29 is 4.79 Å². The van der Waals surface area contributed by atoms with E-state index in [9.17, 15) is 4.79 Å². The largest absolute Gasteiger partial charge is 0.348 e. The van der Waals surface area contributed by atoms with Crippen molar-refractivity contribution in [3.8, 4) is 6.07 Å². The van der Waals surface area contributed by atoms with Gasteiger partial charge in [-0.3, -0.25) is 9.69 Å². The molecule has 4 rings (SSSR count). The smallest absolute Gasteiger partial charge is 0.222 e. The summed E-state index contributed by atoms with van der Waals surface area (Å²) < 4.78 is 0. The number of nitrogens with zero attached hydrogens (tertiary/aromatic N) is 4. The lowest BCUT2D eigenvalue weighted by molar-refractivity contribution is -0.139. The van der Waals surface area contributed by atoms with Crippen molar-refractivity contribution in [3.63, 3.8) is 0 Å². The first-order valence-electron chi connectivity index (χ1n) is 10.1. The zero-order chi connectivity index (χ0) is 19.4. The topological polar surface area (TPSA) is 76.0 Å². The molecular weight excluding hydrogens is 350 g/mol. The van der Waals surface area contributed by atoms with Crippen molar-refractivity contribution in [2.24, 2.45) is 5.41 Å². The van der Waals surface area contributed by atoms with Crippen LogP contribution in [-0.4, -0.2) is 51.9 Å². The van der Waals surface area contributed by atoms with Crippen LogP contribution in [0, 0.1) is 16.7 Å². The Kier molecular flexibility index (Phi) is 5.45. The van der Waals surface area contributed by atoms with Gasteiger partial charge in [0.05, 0.1) is 18.0 Å². The molecule has 1 amide bonds. The molecule has 146 valence electrons. The van der Waals surface area contributed by atoms with Crippen LogP contribution < -0.4 is 0 Å². The van der Waals surface area contributed by atoms with Gasteiger partial charge in [-0.15, -0.1) is 0 Å². The lowest BCUT2D eigenvalue weighted by Crippen LogP contribution is -2.54. The number of nitrogens with one attached hydrogen (secondary N) is 1. The summed E-state index contributed by atoms with van der Waals surface area (Å²) in [4.78, 5) is 24.3. The lowest BCUT2D eigenvalue weighted by Gasteiger charge is -2.48. The highest BCUT2D eigenvalue weighted by Gasteiger charge is 2.41. The van der Waals surface area contributed by atoms with Crippen LogP contribution in [0.1, 0.15) is 42.5 Å². The predicted molar refractivity (Wildman–Crippen MR) is 106 cm³/mol. The average Bonchev–Trinajstić information content (AvgIpc) is 3.23. The Labute approximate surface area is 166 Å². The Balaban J connectivity index is 1.38. The van der Waals surface area contributed by atoms with E-state index >= 15 is 0 Å². The minimum absolute atomic E-state index is 0.215. The molecule has 0 bridgehead atoms. The number of rotatable bonds is 5. The van der Waals surface area contributed by atoms with Crippen LogP contribution in [-0.2, 0) is 17.8 Å². The Morgan fingerprint density at radius 2 is 2.07 bits per heavy atom. The fraction of sp³-hybridized carbons (Fsp3) is 0.500. The third-order valence-corrected chi connectivity index (χ3v) is 6.18. The average molecular weight is 377 g/mol. The summed E-state index contributed by atoms with van der Waals surface area (Å²) in [7, 11) is 0. The van der Waals surface area contributed by atoms with Gasteiger partial charge >= 0.3 is 0 Å². The number of aromatic nitrogens is 2. The molecule has 3 heterocycles. The Hall–Kier alpha value is -2.65. The van der Waals surface area contributed by atoms with Crippen molar-refractivity contribution in [1.29, 1.82) is 5.26 Å². The highest BCUT2D eigenvalue weighted by atomic mass is 16.2. The summed E-state index contributed by atoms with van der Waals surface area (Å²) in [5, 5.41) is 8.97. The molecule has 2 aliphatic heterocycles. The van der Waals surface area contributed by atoms with Gasteiger partial charge in [0.1, 0.15) is 0 Å². The van der Waals surface area contributed by atoms with E-state index in [1.54, 1.807) is 6.33 Å². The standard InChI is InChI=1S/C22H27N5O/c23-12-18-2-4-19(5-3-18)14-26-10-1-8-22(15-26)9-6-21(28)27(16-22)11-7-20-13-24-17-25-20/h2-5,13,17H,1,6-11,14-16H2,(H,24,25)/t22-/m0/s1. The number of hydrogen-bond donors (Lipinski definition) is 1. The lowest BCUT2D eigenvalue weighted by atomic mass is 9.73. The van der Waals surface area contributed by atoms with Crippen LogP contribution in [0.5, 0.6) is 0 Å². The number of H-pyrrole nitrogens is 1. The van der Waals surface area contributed by atoms with Crippen LogP contribution in [0.3, 0.4) is 0 Å². The SMILES string of the molecule is N#Cc1ccc(CN2CCC[C@]3(CCC(=O)N(CCc4cnc[nH]4)C3)C2)cc1. The van der Waals surface area contributed by atoms with Gasteiger partial charge in [-0.05, 0) is 43.5 Å². The van der Waals surface area contributed by atoms with E-state index in [4.69, 9.17) is 5.26 Å². The maximum absolute atomic E-state index is 12.5. The van der Waals surface area contributed by atoms with Gasteiger partial charge in [-0.1, -0.05) is 12.1 Å². The molecule has 6 nitrogen and oxygen atoms in total. The van der Waals surface area contributed by atoms with Crippen LogP contribution in [0.15, 0.2) is 36.8 Å². The van der Waals surface area contributed by atoms with E-state index in [0.717, 1.165) is 51.3 Å². The molecule has 2 fully saturated rings. The molecule has 2 aliphatic rings. The molecule has 2 aromatic rings. The van der Waals surface area contributed by atoms with Gasteiger partial charge in [0.15, 0.2) is 0 Å². The van der Waals surface area contributed by atoms with Crippen molar-refractivity contribution in [1.82, 2.24) is 19.8 Å². The van der Waals surface area contributed by atoms with Gasteiger partial charge in [-0.25, -0.2) is 4.98 Å². The second-order valence-electron chi connectivity index (χ2n) is 8.27. The first kappa shape index (κ1) is 18.7. The number of benzene rings is 1. The summed E-state index contributed by atoms with van der Waals surface area (Å²) in [6, 6.07) is 10.1. The zero-order valence-electron chi connectivity index (χ0n) is 16.2. The van der Waals surface area contributed by atoms with Crippen molar-refractivity contribution in [2.45, 2.75) is 38.6 Å². The zero-order valence-corrected chi connectivity index (χ0v) is 16.2.